The van der Waals surface area contributed by atoms with E-state index in [2.05, 4.69) is 23.9 Å². The highest BCUT2D eigenvalue weighted by atomic mass is 19.1. The van der Waals surface area contributed by atoms with Crippen LogP contribution in [0.2, 0.25) is 0 Å². The molecule has 1 saturated heterocycles. The van der Waals surface area contributed by atoms with E-state index < -0.39 is 0 Å². The first-order valence-corrected chi connectivity index (χ1v) is 7.00. The molecule has 2 rings (SSSR count). The Labute approximate surface area is 119 Å². The third-order valence-corrected chi connectivity index (χ3v) is 4.27. The number of amidine groups is 1. The molecule has 0 aliphatic carbocycles. The molecular formula is C15H22FN3O. The molecule has 1 aromatic carbocycles. The zero-order valence-corrected chi connectivity index (χ0v) is 12.0. The Hall–Kier alpha value is -1.62. The van der Waals surface area contributed by atoms with Crippen molar-refractivity contribution >= 4 is 5.84 Å². The van der Waals surface area contributed by atoms with Crippen molar-refractivity contribution in [2.75, 3.05) is 13.1 Å². The number of rotatable bonds is 3. The summed E-state index contributed by atoms with van der Waals surface area (Å²) in [7, 11) is 0. The van der Waals surface area contributed by atoms with Gasteiger partial charge in [0, 0.05) is 18.7 Å². The predicted octanol–water partition coefficient (Wildman–Crippen LogP) is 2.40. The highest BCUT2D eigenvalue weighted by Gasteiger charge is 2.23. The topological polar surface area (TPSA) is 61.8 Å². The van der Waals surface area contributed by atoms with E-state index in [0.717, 1.165) is 24.6 Å². The lowest BCUT2D eigenvalue weighted by atomic mass is 9.88. The number of hydrogen-bond acceptors (Lipinski definition) is 3. The summed E-state index contributed by atoms with van der Waals surface area (Å²) in [5, 5.41) is 11.8. The predicted molar refractivity (Wildman–Crippen MR) is 77.1 cm³/mol. The van der Waals surface area contributed by atoms with Crippen molar-refractivity contribution in [1.29, 1.82) is 0 Å². The van der Waals surface area contributed by atoms with Crippen LogP contribution in [0.5, 0.6) is 0 Å². The summed E-state index contributed by atoms with van der Waals surface area (Å²) >= 11 is 0. The maximum Gasteiger partial charge on any atom is 0.170 e. The van der Waals surface area contributed by atoms with Crippen LogP contribution in [0.3, 0.4) is 0 Å². The smallest absolute Gasteiger partial charge is 0.170 e. The first-order valence-electron chi connectivity index (χ1n) is 7.00. The summed E-state index contributed by atoms with van der Waals surface area (Å²) in [5.74, 6) is 0.966. The molecule has 110 valence electrons. The van der Waals surface area contributed by atoms with E-state index in [0.29, 0.717) is 18.0 Å². The SMILES string of the molecule is CC1CCN(Cc2ccc(F)cc2/C(N)=N/O)CC1C. The highest BCUT2D eigenvalue weighted by Crippen LogP contribution is 2.24. The van der Waals surface area contributed by atoms with E-state index in [1.807, 2.05) is 0 Å². The Morgan fingerprint density at radius 1 is 1.45 bits per heavy atom. The van der Waals surface area contributed by atoms with Gasteiger partial charge in [0.15, 0.2) is 5.84 Å². The Morgan fingerprint density at radius 3 is 2.85 bits per heavy atom. The molecule has 0 aromatic heterocycles. The van der Waals surface area contributed by atoms with Crippen LogP contribution in [-0.4, -0.2) is 29.0 Å². The van der Waals surface area contributed by atoms with Gasteiger partial charge in [-0.05, 0) is 42.5 Å². The van der Waals surface area contributed by atoms with E-state index in [9.17, 15) is 4.39 Å². The minimum absolute atomic E-state index is 0.0436. The first kappa shape index (κ1) is 14.8. The standard InChI is InChI=1S/C15H22FN3O/c1-10-5-6-19(8-11(10)2)9-12-3-4-13(16)7-14(12)15(17)18-20/h3-4,7,10-11,20H,5-6,8-9H2,1-2H3,(H2,17,18). The molecule has 2 unspecified atom stereocenters. The summed E-state index contributed by atoms with van der Waals surface area (Å²) in [4.78, 5) is 2.34. The molecule has 1 fully saturated rings. The van der Waals surface area contributed by atoms with Gasteiger partial charge in [-0.1, -0.05) is 25.1 Å². The average molecular weight is 279 g/mol. The fourth-order valence-electron chi connectivity index (χ4n) is 2.71. The number of halogens is 1. The molecule has 0 bridgehead atoms. The Kier molecular flexibility index (Phi) is 4.60. The van der Waals surface area contributed by atoms with Gasteiger partial charge in [-0.25, -0.2) is 4.39 Å². The Balaban J connectivity index is 2.17. The van der Waals surface area contributed by atoms with Crippen molar-refractivity contribution in [2.45, 2.75) is 26.8 Å². The number of benzene rings is 1. The second-order valence-electron chi connectivity index (χ2n) is 5.77. The fraction of sp³-hybridized carbons (Fsp3) is 0.533. The summed E-state index contributed by atoms with van der Waals surface area (Å²) in [6.45, 7) is 7.28. The monoisotopic (exact) mass is 279 g/mol. The summed E-state index contributed by atoms with van der Waals surface area (Å²) in [5.41, 5.74) is 7.00. The lowest BCUT2D eigenvalue weighted by molar-refractivity contribution is 0.132. The van der Waals surface area contributed by atoms with Gasteiger partial charge in [-0.2, -0.15) is 0 Å². The number of piperidine rings is 1. The fourth-order valence-corrected chi connectivity index (χ4v) is 2.71. The molecule has 0 radical (unpaired) electrons. The molecule has 0 spiro atoms. The Bertz CT molecular complexity index is 504. The van der Waals surface area contributed by atoms with Crippen LogP contribution in [0, 0.1) is 17.7 Å². The van der Waals surface area contributed by atoms with Crippen molar-refractivity contribution in [3.05, 3.63) is 35.1 Å². The molecule has 4 nitrogen and oxygen atoms in total. The van der Waals surface area contributed by atoms with Crippen molar-refractivity contribution in [3.8, 4) is 0 Å². The number of oxime groups is 1. The van der Waals surface area contributed by atoms with Crippen molar-refractivity contribution in [1.82, 2.24) is 4.90 Å². The maximum absolute atomic E-state index is 13.3. The van der Waals surface area contributed by atoms with E-state index in [1.165, 1.54) is 18.6 Å². The average Bonchev–Trinajstić information content (AvgIpc) is 2.44. The zero-order valence-electron chi connectivity index (χ0n) is 12.0. The van der Waals surface area contributed by atoms with Crippen molar-refractivity contribution in [3.63, 3.8) is 0 Å². The second kappa shape index (κ2) is 6.22. The largest absolute Gasteiger partial charge is 0.409 e. The molecule has 5 heteroatoms. The van der Waals surface area contributed by atoms with E-state index in [4.69, 9.17) is 10.9 Å². The van der Waals surface area contributed by atoms with Crippen molar-refractivity contribution < 1.29 is 9.60 Å². The van der Waals surface area contributed by atoms with E-state index in [1.54, 1.807) is 6.07 Å². The Morgan fingerprint density at radius 2 is 2.20 bits per heavy atom. The van der Waals surface area contributed by atoms with Crippen molar-refractivity contribution in [2.24, 2.45) is 22.7 Å². The molecule has 1 heterocycles. The molecule has 0 saturated carbocycles. The quantitative estimate of drug-likeness (QED) is 0.386. The lowest BCUT2D eigenvalue weighted by Crippen LogP contribution is -2.38. The third kappa shape index (κ3) is 3.28. The van der Waals surface area contributed by atoms with Gasteiger partial charge in [0.05, 0.1) is 0 Å². The van der Waals surface area contributed by atoms with Gasteiger partial charge >= 0.3 is 0 Å². The van der Waals surface area contributed by atoms with Crippen LogP contribution < -0.4 is 5.73 Å². The maximum atomic E-state index is 13.3. The molecular weight excluding hydrogens is 257 g/mol. The van der Waals surface area contributed by atoms with E-state index >= 15 is 0 Å². The van der Waals surface area contributed by atoms with Crippen LogP contribution in [0.25, 0.3) is 0 Å². The molecule has 0 amide bonds. The summed E-state index contributed by atoms with van der Waals surface area (Å²) in [6.07, 6.45) is 1.17. The van der Waals surface area contributed by atoms with Gasteiger partial charge < -0.3 is 10.9 Å². The number of nitrogens with zero attached hydrogens (tertiary/aromatic N) is 2. The molecule has 1 aliphatic heterocycles. The van der Waals surface area contributed by atoms with Crippen LogP contribution in [0.4, 0.5) is 4.39 Å². The molecule has 1 aliphatic rings. The third-order valence-electron chi connectivity index (χ3n) is 4.27. The van der Waals surface area contributed by atoms with Crippen LogP contribution in [0.15, 0.2) is 23.4 Å². The summed E-state index contributed by atoms with van der Waals surface area (Å²) in [6, 6.07) is 4.45. The van der Waals surface area contributed by atoms with Gasteiger partial charge in [-0.15, -0.1) is 0 Å². The zero-order chi connectivity index (χ0) is 14.7. The van der Waals surface area contributed by atoms with Gasteiger partial charge in [-0.3, -0.25) is 4.90 Å². The molecule has 3 N–H and O–H groups in total. The van der Waals surface area contributed by atoms with Crippen LogP contribution in [0.1, 0.15) is 31.4 Å². The molecule has 20 heavy (non-hydrogen) atoms. The van der Waals surface area contributed by atoms with Gasteiger partial charge in [0.1, 0.15) is 5.82 Å². The highest BCUT2D eigenvalue weighted by molar-refractivity contribution is 5.98. The minimum Gasteiger partial charge on any atom is -0.409 e. The molecule has 2 atom stereocenters. The summed E-state index contributed by atoms with van der Waals surface area (Å²) < 4.78 is 13.3. The van der Waals surface area contributed by atoms with E-state index in [-0.39, 0.29) is 11.7 Å². The second-order valence-corrected chi connectivity index (χ2v) is 5.77. The molecule has 1 aromatic rings. The van der Waals surface area contributed by atoms with Crippen LogP contribution in [-0.2, 0) is 6.54 Å². The van der Waals surface area contributed by atoms with Gasteiger partial charge in [0.2, 0.25) is 0 Å². The number of likely N-dealkylation sites (tertiary alicyclic amines) is 1. The minimum atomic E-state index is -0.379. The normalized spacial score (nSPS) is 24.9. The van der Waals surface area contributed by atoms with Gasteiger partial charge in [0.25, 0.3) is 0 Å². The van der Waals surface area contributed by atoms with Crippen LogP contribution >= 0.6 is 0 Å². The lowest BCUT2D eigenvalue weighted by Gasteiger charge is -2.35. The number of hydrogen-bond donors (Lipinski definition) is 2. The first-order chi connectivity index (χ1) is 9.51. The number of nitrogens with two attached hydrogens (primary N) is 1.